The van der Waals surface area contributed by atoms with Gasteiger partial charge in [-0.2, -0.15) is 0 Å². The first kappa shape index (κ1) is 19.6. The zero-order valence-electron chi connectivity index (χ0n) is 16.2. The Bertz CT molecular complexity index is 895. The summed E-state index contributed by atoms with van der Waals surface area (Å²) in [5, 5.41) is 5.59. The van der Waals surface area contributed by atoms with Crippen LogP contribution in [0.25, 0.3) is 0 Å². The summed E-state index contributed by atoms with van der Waals surface area (Å²) >= 11 is 0. The molecule has 1 aliphatic rings. The third-order valence-corrected chi connectivity index (χ3v) is 4.78. The number of amides is 3. The summed E-state index contributed by atoms with van der Waals surface area (Å²) in [5.74, 6) is -0.672. The molecule has 1 aliphatic heterocycles. The van der Waals surface area contributed by atoms with Crippen molar-refractivity contribution in [2.24, 2.45) is 0 Å². The monoisotopic (exact) mass is 380 g/mol. The van der Waals surface area contributed by atoms with Crippen LogP contribution in [0.1, 0.15) is 12.5 Å². The lowest BCUT2D eigenvalue weighted by Gasteiger charge is -2.33. The highest BCUT2D eigenvalue weighted by molar-refractivity contribution is 6.11. The van der Waals surface area contributed by atoms with Crippen LogP contribution in [0.2, 0.25) is 0 Å². The second-order valence-corrected chi connectivity index (χ2v) is 6.99. The van der Waals surface area contributed by atoms with E-state index in [1.54, 1.807) is 37.1 Å². The van der Waals surface area contributed by atoms with Gasteiger partial charge in [0.1, 0.15) is 6.54 Å². The predicted molar refractivity (Wildman–Crippen MR) is 109 cm³/mol. The van der Waals surface area contributed by atoms with Gasteiger partial charge in [0.25, 0.3) is 0 Å². The Hall–Kier alpha value is -3.19. The normalized spacial score (nSPS) is 14.3. The van der Waals surface area contributed by atoms with E-state index in [4.69, 9.17) is 0 Å². The van der Waals surface area contributed by atoms with Gasteiger partial charge in [0.2, 0.25) is 17.7 Å². The molecule has 0 saturated heterocycles. The van der Waals surface area contributed by atoms with Crippen LogP contribution in [0.4, 0.5) is 17.1 Å². The zero-order valence-corrected chi connectivity index (χ0v) is 16.2. The van der Waals surface area contributed by atoms with Crippen molar-refractivity contribution in [1.29, 1.82) is 0 Å². The standard InChI is InChI=1S/C21H24N4O3/c1-14-8-10-16(11-9-14)22-19(26)12-24(3)15(2)21(28)25-13-20(27)23-17-6-4-5-7-18(17)25/h4-11,15H,12-13H2,1-3H3,(H,22,26)(H,23,27)/t15-/m1/s1. The summed E-state index contributed by atoms with van der Waals surface area (Å²) in [6.45, 7) is 3.73. The summed E-state index contributed by atoms with van der Waals surface area (Å²) in [6, 6.07) is 14.1. The van der Waals surface area contributed by atoms with E-state index in [1.807, 2.05) is 37.3 Å². The third-order valence-electron chi connectivity index (χ3n) is 4.78. The van der Waals surface area contributed by atoms with Crippen molar-refractivity contribution in [2.75, 3.05) is 35.7 Å². The van der Waals surface area contributed by atoms with Gasteiger partial charge in [-0.3, -0.25) is 24.2 Å². The van der Waals surface area contributed by atoms with Crippen LogP contribution in [0.15, 0.2) is 48.5 Å². The largest absolute Gasteiger partial charge is 0.325 e. The van der Waals surface area contributed by atoms with Gasteiger partial charge < -0.3 is 10.6 Å². The highest BCUT2D eigenvalue weighted by Gasteiger charge is 2.31. The number of nitrogens with one attached hydrogen (secondary N) is 2. The molecule has 2 aromatic rings. The molecule has 2 aromatic carbocycles. The van der Waals surface area contributed by atoms with Crippen molar-refractivity contribution >= 4 is 34.8 Å². The molecule has 146 valence electrons. The van der Waals surface area contributed by atoms with Crippen molar-refractivity contribution in [2.45, 2.75) is 19.9 Å². The summed E-state index contributed by atoms with van der Waals surface area (Å²) in [6.07, 6.45) is 0. The molecule has 0 radical (unpaired) electrons. The molecule has 7 nitrogen and oxygen atoms in total. The van der Waals surface area contributed by atoms with Crippen molar-refractivity contribution in [3.63, 3.8) is 0 Å². The fraction of sp³-hybridized carbons (Fsp3) is 0.286. The molecule has 0 aliphatic carbocycles. The molecule has 28 heavy (non-hydrogen) atoms. The number of fused-ring (bicyclic) bond motifs is 1. The SMILES string of the molecule is Cc1ccc(NC(=O)CN(C)[C@H](C)C(=O)N2CC(=O)Nc3ccccc32)cc1. The molecular weight excluding hydrogens is 356 g/mol. The average molecular weight is 380 g/mol. The summed E-state index contributed by atoms with van der Waals surface area (Å²) < 4.78 is 0. The smallest absolute Gasteiger partial charge is 0.244 e. The molecule has 0 aromatic heterocycles. The molecule has 2 N–H and O–H groups in total. The van der Waals surface area contributed by atoms with Crippen LogP contribution in [0.5, 0.6) is 0 Å². The van der Waals surface area contributed by atoms with Gasteiger partial charge in [0, 0.05) is 5.69 Å². The summed E-state index contributed by atoms with van der Waals surface area (Å²) in [4.78, 5) is 40.4. The maximum atomic E-state index is 13.0. The van der Waals surface area contributed by atoms with Gasteiger partial charge in [-0.1, -0.05) is 29.8 Å². The van der Waals surface area contributed by atoms with Crippen molar-refractivity contribution < 1.29 is 14.4 Å². The number of para-hydroxylation sites is 2. The molecule has 7 heteroatoms. The second-order valence-electron chi connectivity index (χ2n) is 6.99. The minimum absolute atomic E-state index is 0.0381. The summed E-state index contributed by atoms with van der Waals surface area (Å²) in [7, 11) is 1.72. The Labute approximate surface area is 164 Å². The fourth-order valence-corrected chi connectivity index (χ4v) is 3.04. The molecular formula is C21H24N4O3. The Morgan fingerprint density at radius 1 is 1.18 bits per heavy atom. The van der Waals surface area contributed by atoms with E-state index in [0.29, 0.717) is 17.1 Å². The Kier molecular flexibility index (Phi) is 5.75. The molecule has 0 unspecified atom stereocenters. The molecule has 0 spiro atoms. The van der Waals surface area contributed by atoms with E-state index in [1.165, 1.54) is 4.90 Å². The number of anilines is 3. The number of rotatable bonds is 5. The number of benzene rings is 2. The number of likely N-dealkylation sites (N-methyl/N-ethyl adjacent to an activating group) is 1. The van der Waals surface area contributed by atoms with Crippen molar-refractivity contribution in [1.82, 2.24) is 4.90 Å². The van der Waals surface area contributed by atoms with E-state index in [-0.39, 0.29) is 30.8 Å². The molecule has 0 fully saturated rings. The van der Waals surface area contributed by atoms with E-state index in [0.717, 1.165) is 5.56 Å². The molecule has 0 bridgehead atoms. The van der Waals surface area contributed by atoms with Crippen LogP contribution < -0.4 is 15.5 Å². The first-order valence-corrected chi connectivity index (χ1v) is 9.12. The lowest BCUT2D eigenvalue weighted by Crippen LogP contribution is -2.51. The second kappa shape index (κ2) is 8.22. The quantitative estimate of drug-likeness (QED) is 0.834. The van der Waals surface area contributed by atoms with Crippen LogP contribution in [0, 0.1) is 6.92 Å². The molecule has 3 rings (SSSR count). The molecule has 3 amide bonds. The zero-order chi connectivity index (χ0) is 20.3. The van der Waals surface area contributed by atoms with Gasteiger partial charge in [-0.05, 0) is 45.2 Å². The van der Waals surface area contributed by atoms with Crippen molar-refractivity contribution in [3.8, 4) is 0 Å². The van der Waals surface area contributed by atoms with E-state index < -0.39 is 6.04 Å². The minimum atomic E-state index is -0.567. The van der Waals surface area contributed by atoms with Crippen molar-refractivity contribution in [3.05, 3.63) is 54.1 Å². The maximum Gasteiger partial charge on any atom is 0.244 e. The van der Waals surface area contributed by atoms with Gasteiger partial charge in [-0.25, -0.2) is 0 Å². The molecule has 1 heterocycles. The predicted octanol–water partition coefficient (Wildman–Crippen LogP) is 2.24. The number of nitrogens with zero attached hydrogens (tertiary/aromatic N) is 2. The average Bonchev–Trinajstić information content (AvgIpc) is 2.67. The fourth-order valence-electron chi connectivity index (χ4n) is 3.04. The third kappa shape index (κ3) is 4.37. The summed E-state index contributed by atoms with van der Waals surface area (Å²) in [5.41, 5.74) is 3.10. The highest BCUT2D eigenvalue weighted by atomic mass is 16.2. The number of hydrogen-bond acceptors (Lipinski definition) is 4. The Morgan fingerprint density at radius 3 is 2.57 bits per heavy atom. The molecule has 0 saturated carbocycles. The van der Waals surface area contributed by atoms with E-state index >= 15 is 0 Å². The van der Waals surface area contributed by atoms with Gasteiger partial charge in [-0.15, -0.1) is 0 Å². The number of carbonyl (C=O) groups is 3. The van der Waals surface area contributed by atoms with Gasteiger partial charge in [0.15, 0.2) is 0 Å². The first-order valence-electron chi connectivity index (χ1n) is 9.12. The number of hydrogen-bond donors (Lipinski definition) is 2. The van der Waals surface area contributed by atoms with Crippen LogP contribution in [-0.2, 0) is 14.4 Å². The van der Waals surface area contributed by atoms with Gasteiger partial charge >= 0.3 is 0 Å². The van der Waals surface area contributed by atoms with E-state index in [9.17, 15) is 14.4 Å². The topological polar surface area (TPSA) is 81.8 Å². The first-order chi connectivity index (χ1) is 13.3. The maximum absolute atomic E-state index is 13.0. The highest BCUT2D eigenvalue weighted by Crippen LogP contribution is 2.29. The lowest BCUT2D eigenvalue weighted by molar-refractivity contribution is -0.126. The lowest BCUT2D eigenvalue weighted by atomic mass is 10.1. The van der Waals surface area contributed by atoms with E-state index in [2.05, 4.69) is 10.6 Å². The number of aryl methyl sites for hydroxylation is 1. The van der Waals surface area contributed by atoms with Gasteiger partial charge in [0.05, 0.1) is 24.0 Å². The van der Waals surface area contributed by atoms with Crippen LogP contribution in [-0.4, -0.2) is 48.8 Å². The Balaban J connectivity index is 1.65. The van der Waals surface area contributed by atoms with Crippen LogP contribution >= 0.6 is 0 Å². The number of carbonyl (C=O) groups excluding carboxylic acids is 3. The molecule has 1 atom stereocenters. The Morgan fingerprint density at radius 2 is 1.86 bits per heavy atom. The van der Waals surface area contributed by atoms with Crippen LogP contribution in [0.3, 0.4) is 0 Å². The minimum Gasteiger partial charge on any atom is -0.325 e.